The van der Waals surface area contributed by atoms with Crippen LogP contribution < -0.4 is 5.32 Å². The second kappa shape index (κ2) is 8.65. The first-order chi connectivity index (χ1) is 13.0. The molecule has 9 heteroatoms. The van der Waals surface area contributed by atoms with Crippen molar-refractivity contribution in [2.24, 2.45) is 0 Å². The number of aromatic nitrogens is 3. The van der Waals surface area contributed by atoms with E-state index in [2.05, 4.69) is 15.5 Å². The predicted octanol–water partition coefficient (Wildman–Crippen LogP) is 4.71. The van der Waals surface area contributed by atoms with Gasteiger partial charge in [0.05, 0.1) is 16.5 Å². The van der Waals surface area contributed by atoms with Crippen LogP contribution in [-0.4, -0.2) is 31.5 Å². The van der Waals surface area contributed by atoms with Gasteiger partial charge in [0.15, 0.2) is 11.0 Å². The van der Waals surface area contributed by atoms with Crippen molar-refractivity contribution >= 4 is 46.6 Å². The molecule has 0 bridgehead atoms. The lowest BCUT2D eigenvalue weighted by Crippen LogP contribution is -2.14. The quantitative estimate of drug-likeness (QED) is 0.444. The number of carbonyl (C=O) groups excluding carboxylic acids is 1. The lowest BCUT2D eigenvalue weighted by Gasteiger charge is -2.09. The van der Waals surface area contributed by atoms with Crippen molar-refractivity contribution < 1.29 is 9.90 Å². The van der Waals surface area contributed by atoms with Gasteiger partial charge in [0, 0.05) is 17.1 Å². The van der Waals surface area contributed by atoms with Crippen molar-refractivity contribution in [1.82, 2.24) is 14.8 Å². The second-order valence-electron chi connectivity index (χ2n) is 5.53. The van der Waals surface area contributed by atoms with Crippen molar-refractivity contribution in [2.75, 3.05) is 11.1 Å². The average molecular weight is 423 g/mol. The molecule has 0 saturated heterocycles. The standard InChI is InChI=1S/C18H16Cl2N4O2S/c1-2-24-17(12-8-7-11(19)9-13(12)20)22-23-18(24)27-10-16(26)21-14-5-3-4-6-15(14)25/h3-9,25H,2,10H2,1H3,(H,21,26). The van der Waals surface area contributed by atoms with E-state index in [9.17, 15) is 9.90 Å². The average Bonchev–Trinajstić information content (AvgIpc) is 3.04. The molecule has 3 aromatic rings. The molecule has 1 aromatic heterocycles. The first kappa shape index (κ1) is 19.5. The third-order valence-corrected chi connectivity index (χ3v) is 5.23. The van der Waals surface area contributed by atoms with Gasteiger partial charge in [-0.25, -0.2) is 0 Å². The van der Waals surface area contributed by atoms with Crippen LogP contribution in [0, 0.1) is 0 Å². The van der Waals surface area contributed by atoms with Crippen LogP contribution >= 0.6 is 35.0 Å². The van der Waals surface area contributed by atoms with E-state index in [-0.39, 0.29) is 17.4 Å². The fraction of sp³-hybridized carbons (Fsp3) is 0.167. The van der Waals surface area contributed by atoms with Crippen molar-refractivity contribution in [2.45, 2.75) is 18.6 Å². The molecule has 1 heterocycles. The largest absolute Gasteiger partial charge is 0.506 e. The number of carbonyl (C=O) groups is 1. The van der Waals surface area contributed by atoms with Gasteiger partial charge in [-0.1, -0.05) is 47.1 Å². The summed E-state index contributed by atoms with van der Waals surface area (Å²) in [5, 5.41) is 22.4. The van der Waals surface area contributed by atoms with E-state index in [0.29, 0.717) is 33.3 Å². The molecule has 0 aliphatic heterocycles. The molecule has 0 spiro atoms. The number of halogens is 2. The number of amides is 1. The number of benzene rings is 2. The van der Waals surface area contributed by atoms with Gasteiger partial charge in [-0.15, -0.1) is 10.2 Å². The van der Waals surface area contributed by atoms with Crippen LogP contribution in [0.25, 0.3) is 11.4 Å². The van der Waals surface area contributed by atoms with E-state index in [1.807, 2.05) is 11.5 Å². The predicted molar refractivity (Wildman–Crippen MR) is 109 cm³/mol. The number of phenols is 1. The zero-order valence-electron chi connectivity index (χ0n) is 14.3. The van der Waals surface area contributed by atoms with E-state index in [0.717, 1.165) is 5.56 Å². The third-order valence-electron chi connectivity index (χ3n) is 3.72. The fourth-order valence-electron chi connectivity index (χ4n) is 2.45. The highest BCUT2D eigenvalue weighted by Crippen LogP contribution is 2.31. The molecular weight excluding hydrogens is 407 g/mol. The third kappa shape index (κ3) is 4.55. The van der Waals surface area contributed by atoms with Gasteiger partial charge in [-0.2, -0.15) is 0 Å². The van der Waals surface area contributed by atoms with Crippen LogP contribution in [0.3, 0.4) is 0 Å². The molecule has 0 atom stereocenters. The number of anilines is 1. The summed E-state index contributed by atoms with van der Waals surface area (Å²) in [6.45, 7) is 2.58. The Bertz CT molecular complexity index is 978. The minimum atomic E-state index is -0.252. The van der Waals surface area contributed by atoms with E-state index in [1.165, 1.54) is 17.8 Å². The minimum Gasteiger partial charge on any atom is -0.506 e. The monoisotopic (exact) mass is 422 g/mol. The van der Waals surface area contributed by atoms with E-state index in [1.54, 1.807) is 36.4 Å². The first-order valence-corrected chi connectivity index (χ1v) is 9.83. The Hall–Kier alpha value is -2.22. The number of rotatable bonds is 6. The number of phenolic OH excluding ortho intramolecular Hbond substituents is 1. The molecule has 0 aliphatic carbocycles. The molecular formula is C18H16Cl2N4O2S. The van der Waals surface area contributed by atoms with Crippen molar-refractivity contribution in [3.8, 4) is 17.1 Å². The van der Waals surface area contributed by atoms with Crippen molar-refractivity contribution in [3.05, 3.63) is 52.5 Å². The Labute approximate surface area is 170 Å². The van der Waals surface area contributed by atoms with Gasteiger partial charge in [0.25, 0.3) is 0 Å². The summed E-state index contributed by atoms with van der Waals surface area (Å²) < 4.78 is 1.88. The zero-order valence-corrected chi connectivity index (χ0v) is 16.6. The van der Waals surface area contributed by atoms with Crippen molar-refractivity contribution in [3.63, 3.8) is 0 Å². The molecule has 0 unspecified atom stereocenters. The molecule has 0 radical (unpaired) electrons. The summed E-state index contributed by atoms with van der Waals surface area (Å²) >= 11 is 13.5. The van der Waals surface area contributed by atoms with E-state index < -0.39 is 0 Å². The molecule has 0 aliphatic rings. The van der Waals surface area contributed by atoms with Gasteiger partial charge < -0.3 is 15.0 Å². The molecule has 0 saturated carbocycles. The molecule has 2 N–H and O–H groups in total. The maximum absolute atomic E-state index is 12.2. The second-order valence-corrected chi connectivity index (χ2v) is 7.31. The zero-order chi connectivity index (χ0) is 19.4. The molecule has 1 amide bonds. The maximum Gasteiger partial charge on any atom is 0.234 e. The summed E-state index contributed by atoms with van der Waals surface area (Å²) in [4.78, 5) is 12.2. The number of nitrogens with zero attached hydrogens (tertiary/aromatic N) is 3. The summed E-state index contributed by atoms with van der Waals surface area (Å²) in [5.41, 5.74) is 1.09. The number of aromatic hydroxyl groups is 1. The molecule has 0 fully saturated rings. The van der Waals surface area contributed by atoms with Crippen LogP contribution in [0.2, 0.25) is 10.0 Å². The summed E-state index contributed by atoms with van der Waals surface area (Å²) in [7, 11) is 0. The van der Waals surface area contributed by atoms with Gasteiger partial charge in [-0.3, -0.25) is 4.79 Å². The summed E-state index contributed by atoms with van der Waals surface area (Å²) in [5.74, 6) is 0.508. The van der Waals surface area contributed by atoms with Crippen molar-refractivity contribution in [1.29, 1.82) is 0 Å². The fourth-order valence-corrected chi connectivity index (χ4v) is 3.74. The number of hydrogen-bond donors (Lipinski definition) is 2. The number of thioether (sulfide) groups is 1. The van der Waals surface area contributed by atoms with Crippen LogP contribution in [0.1, 0.15) is 6.92 Å². The molecule has 3 rings (SSSR count). The van der Waals surface area contributed by atoms with Crippen LogP contribution in [-0.2, 0) is 11.3 Å². The van der Waals surface area contributed by atoms with Gasteiger partial charge in [0.2, 0.25) is 5.91 Å². The minimum absolute atomic E-state index is 0.0206. The number of nitrogens with one attached hydrogen (secondary N) is 1. The van der Waals surface area contributed by atoms with E-state index in [4.69, 9.17) is 23.2 Å². The Morgan fingerprint density at radius 2 is 2.00 bits per heavy atom. The number of para-hydroxylation sites is 2. The highest BCUT2D eigenvalue weighted by Gasteiger charge is 2.17. The molecule has 2 aromatic carbocycles. The SMILES string of the molecule is CCn1c(SCC(=O)Nc2ccccc2O)nnc1-c1ccc(Cl)cc1Cl. The lowest BCUT2D eigenvalue weighted by atomic mass is 10.2. The Morgan fingerprint density at radius 1 is 1.22 bits per heavy atom. The number of hydrogen-bond acceptors (Lipinski definition) is 5. The highest BCUT2D eigenvalue weighted by molar-refractivity contribution is 7.99. The van der Waals surface area contributed by atoms with Crippen LogP contribution in [0.4, 0.5) is 5.69 Å². The van der Waals surface area contributed by atoms with Gasteiger partial charge >= 0.3 is 0 Å². The molecule has 6 nitrogen and oxygen atoms in total. The highest BCUT2D eigenvalue weighted by atomic mass is 35.5. The Balaban J connectivity index is 1.73. The van der Waals surface area contributed by atoms with Gasteiger partial charge in [0.1, 0.15) is 5.75 Å². The summed E-state index contributed by atoms with van der Waals surface area (Å²) in [6, 6.07) is 11.8. The smallest absolute Gasteiger partial charge is 0.234 e. The first-order valence-electron chi connectivity index (χ1n) is 8.09. The topological polar surface area (TPSA) is 80.0 Å². The van der Waals surface area contributed by atoms with Gasteiger partial charge in [-0.05, 0) is 37.3 Å². The van der Waals surface area contributed by atoms with Crippen LogP contribution in [0.5, 0.6) is 5.75 Å². The molecule has 27 heavy (non-hydrogen) atoms. The van der Waals surface area contributed by atoms with E-state index >= 15 is 0 Å². The maximum atomic E-state index is 12.2. The Kier molecular flexibility index (Phi) is 6.26. The molecule has 140 valence electrons. The summed E-state index contributed by atoms with van der Waals surface area (Å²) in [6.07, 6.45) is 0. The Morgan fingerprint density at radius 3 is 2.70 bits per heavy atom. The normalized spacial score (nSPS) is 10.8. The van der Waals surface area contributed by atoms with Crippen LogP contribution in [0.15, 0.2) is 47.6 Å². The lowest BCUT2D eigenvalue weighted by molar-refractivity contribution is -0.113.